The molecular formula is C40H54Cl2N2O8. The molecule has 0 saturated heterocycles. The second kappa shape index (κ2) is 20.6. The van der Waals surface area contributed by atoms with Crippen LogP contribution in [0, 0.1) is 17.3 Å². The number of carbonyl (C=O) groups excluding carboxylic acids is 4. The van der Waals surface area contributed by atoms with Crippen molar-refractivity contribution in [3.63, 3.8) is 0 Å². The molecule has 0 aromatic heterocycles. The highest BCUT2D eigenvalue weighted by molar-refractivity contribution is 6.32. The highest BCUT2D eigenvalue weighted by Crippen LogP contribution is 2.34. The van der Waals surface area contributed by atoms with Crippen LogP contribution in [0.25, 0.3) is 0 Å². The molecule has 0 saturated carbocycles. The highest BCUT2D eigenvalue weighted by Gasteiger charge is 2.43. The molecule has 286 valence electrons. The van der Waals surface area contributed by atoms with Crippen molar-refractivity contribution in [1.29, 1.82) is 0 Å². The van der Waals surface area contributed by atoms with Crippen LogP contribution >= 0.6 is 23.2 Å². The summed E-state index contributed by atoms with van der Waals surface area (Å²) in [5, 5.41) is 16.6. The molecule has 0 fully saturated rings. The fourth-order valence-corrected chi connectivity index (χ4v) is 7.17. The zero-order valence-corrected chi connectivity index (χ0v) is 32.5. The van der Waals surface area contributed by atoms with Gasteiger partial charge in [0.15, 0.2) is 6.10 Å². The molecule has 1 aliphatic rings. The lowest BCUT2D eigenvalue weighted by atomic mass is 9.79. The van der Waals surface area contributed by atoms with Crippen LogP contribution in [-0.4, -0.2) is 66.9 Å². The first kappa shape index (κ1) is 42.8. The van der Waals surface area contributed by atoms with Crippen molar-refractivity contribution >= 4 is 47.0 Å². The number of carbonyl (C=O) groups is 4. The second-order valence-electron chi connectivity index (χ2n) is 14.0. The Morgan fingerprint density at radius 3 is 2.27 bits per heavy atom. The number of amides is 2. The average molecular weight is 762 g/mol. The minimum absolute atomic E-state index is 0.0265. The van der Waals surface area contributed by atoms with Gasteiger partial charge in [-0.25, -0.2) is 4.79 Å². The Morgan fingerprint density at radius 1 is 1.00 bits per heavy atom. The van der Waals surface area contributed by atoms with Crippen molar-refractivity contribution in [1.82, 2.24) is 10.6 Å². The molecule has 1 heterocycles. The molecule has 52 heavy (non-hydrogen) atoms. The molecule has 0 aliphatic carbocycles. The molecule has 10 nitrogen and oxygen atoms in total. The maximum absolute atomic E-state index is 14.2. The van der Waals surface area contributed by atoms with E-state index in [-0.39, 0.29) is 31.7 Å². The van der Waals surface area contributed by atoms with Crippen molar-refractivity contribution in [3.8, 4) is 5.75 Å². The minimum Gasteiger partial charge on any atom is -0.495 e. The molecular weight excluding hydrogens is 707 g/mol. The molecule has 2 aromatic rings. The zero-order chi connectivity index (χ0) is 38.4. The van der Waals surface area contributed by atoms with Gasteiger partial charge >= 0.3 is 11.9 Å². The SMILES string of the molecule is CCCC1(CCC)CNC(=O)[C@@H](Cc2ccc(OC)c(Cl)c2)NC(=O)/C=C/C[C@@H]([C@H](C)[C@@H](O)[C@@H](Cl)c2ccccc2)OC(=O)[C@H](CC(C)C)OC1=O. The van der Waals surface area contributed by atoms with Gasteiger partial charge in [-0.05, 0) is 54.5 Å². The maximum Gasteiger partial charge on any atom is 0.347 e. The monoisotopic (exact) mass is 760 g/mol. The van der Waals surface area contributed by atoms with E-state index in [1.165, 1.54) is 19.3 Å². The summed E-state index contributed by atoms with van der Waals surface area (Å²) in [6.07, 6.45) is 1.77. The summed E-state index contributed by atoms with van der Waals surface area (Å²) in [5.41, 5.74) is 0.224. The third-order valence-electron chi connectivity index (χ3n) is 9.43. The number of ether oxygens (including phenoxy) is 3. The van der Waals surface area contributed by atoms with Crippen LogP contribution in [0.3, 0.4) is 0 Å². The van der Waals surface area contributed by atoms with Crippen LogP contribution in [0.15, 0.2) is 60.7 Å². The van der Waals surface area contributed by atoms with Gasteiger partial charge in [-0.15, -0.1) is 11.6 Å². The molecule has 6 atom stereocenters. The Bertz CT molecular complexity index is 1510. The van der Waals surface area contributed by atoms with Crippen molar-refractivity contribution < 1.29 is 38.5 Å². The van der Waals surface area contributed by atoms with Gasteiger partial charge in [0.25, 0.3) is 0 Å². The standard InChI is InChI=1S/C40H54Cl2N2O8/c1-7-19-40(20-8-2)24-43-37(47)30(23-27-17-18-32(50-6)29(41)22-27)44-34(45)16-12-15-31(51-38(48)33(21-25(3)4)52-39(40)49)26(5)36(46)35(42)28-13-10-9-11-14-28/h9-14,16-18,22,25-26,30-31,33,35-36,46H,7-8,15,19-21,23-24H2,1-6H3,(H,43,47)(H,44,45)/b16-12+/t26-,30+,31-,33-,35-,36+/m0/s1. The van der Waals surface area contributed by atoms with E-state index in [2.05, 4.69) is 10.6 Å². The summed E-state index contributed by atoms with van der Waals surface area (Å²) in [5.74, 6) is -2.69. The van der Waals surface area contributed by atoms with Gasteiger partial charge in [0.05, 0.1) is 29.0 Å². The largest absolute Gasteiger partial charge is 0.495 e. The third-order valence-corrected chi connectivity index (χ3v) is 10.2. The van der Waals surface area contributed by atoms with Crippen LogP contribution < -0.4 is 15.4 Å². The number of cyclic esters (lactones) is 2. The van der Waals surface area contributed by atoms with Crippen molar-refractivity contribution in [2.45, 2.75) is 109 Å². The maximum atomic E-state index is 14.2. The number of aliphatic hydroxyl groups is 1. The summed E-state index contributed by atoms with van der Waals surface area (Å²) in [4.78, 5) is 55.3. The van der Waals surface area contributed by atoms with E-state index in [4.69, 9.17) is 37.4 Å². The van der Waals surface area contributed by atoms with Gasteiger partial charge in [-0.2, -0.15) is 0 Å². The van der Waals surface area contributed by atoms with Crippen molar-refractivity contribution in [2.24, 2.45) is 17.3 Å². The molecule has 0 unspecified atom stereocenters. The quantitative estimate of drug-likeness (QED) is 0.148. The Hall–Kier alpha value is -3.60. The molecule has 2 aromatic carbocycles. The summed E-state index contributed by atoms with van der Waals surface area (Å²) < 4.78 is 17.3. The van der Waals surface area contributed by atoms with Gasteiger partial charge < -0.3 is 30.0 Å². The van der Waals surface area contributed by atoms with Gasteiger partial charge in [0.2, 0.25) is 11.8 Å². The smallest absolute Gasteiger partial charge is 0.347 e. The molecule has 3 N–H and O–H groups in total. The van der Waals surface area contributed by atoms with E-state index in [0.717, 1.165) is 0 Å². The zero-order valence-electron chi connectivity index (χ0n) is 31.0. The van der Waals surface area contributed by atoms with Crippen LogP contribution in [-0.2, 0) is 35.1 Å². The number of esters is 2. The van der Waals surface area contributed by atoms with E-state index in [1.54, 1.807) is 37.3 Å². The fraction of sp³-hybridized carbons (Fsp3) is 0.550. The molecule has 12 heteroatoms. The number of alkyl halides is 1. The van der Waals surface area contributed by atoms with Gasteiger partial charge in [-0.1, -0.05) is 102 Å². The van der Waals surface area contributed by atoms with Crippen LogP contribution in [0.2, 0.25) is 5.02 Å². The molecule has 3 rings (SSSR count). The van der Waals surface area contributed by atoms with E-state index >= 15 is 0 Å². The van der Waals surface area contributed by atoms with E-state index < -0.39 is 64.8 Å². The first-order chi connectivity index (χ1) is 24.7. The predicted octanol–water partition coefficient (Wildman–Crippen LogP) is 6.89. The lowest BCUT2D eigenvalue weighted by Gasteiger charge is -2.34. The molecule has 1 aliphatic heterocycles. The molecule has 0 radical (unpaired) electrons. The van der Waals surface area contributed by atoms with Crippen molar-refractivity contribution in [3.05, 3.63) is 76.8 Å². The van der Waals surface area contributed by atoms with Gasteiger partial charge in [0.1, 0.15) is 17.9 Å². The number of rotatable bonds is 13. The average Bonchev–Trinajstić information content (AvgIpc) is 3.11. The molecule has 0 bridgehead atoms. The van der Waals surface area contributed by atoms with Crippen molar-refractivity contribution in [2.75, 3.05) is 13.7 Å². The number of aliphatic hydroxyl groups excluding tert-OH is 1. The fourth-order valence-electron chi connectivity index (χ4n) is 6.52. The number of benzene rings is 2. The number of halogens is 2. The number of methoxy groups -OCH3 is 1. The number of hydrogen-bond donors (Lipinski definition) is 3. The van der Waals surface area contributed by atoms with Gasteiger partial charge in [-0.3, -0.25) is 14.4 Å². The van der Waals surface area contributed by atoms with E-state index in [9.17, 15) is 24.3 Å². The predicted molar refractivity (Wildman–Crippen MR) is 202 cm³/mol. The van der Waals surface area contributed by atoms with Gasteiger partial charge in [0, 0.05) is 25.3 Å². The number of hydrogen-bond acceptors (Lipinski definition) is 8. The Morgan fingerprint density at radius 2 is 1.67 bits per heavy atom. The highest BCUT2D eigenvalue weighted by atomic mass is 35.5. The van der Waals surface area contributed by atoms with E-state index in [1.807, 2.05) is 45.9 Å². The summed E-state index contributed by atoms with van der Waals surface area (Å²) in [6.45, 7) is 9.33. The Balaban J connectivity index is 2.06. The Kier molecular flexibility index (Phi) is 17.0. The van der Waals surface area contributed by atoms with Crippen LogP contribution in [0.5, 0.6) is 5.75 Å². The molecule has 2 amide bonds. The topological polar surface area (TPSA) is 140 Å². The third kappa shape index (κ3) is 12.0. The summed E-state index contributed by atoms with van der Waals surface area (Å²) in [6, 6.07) is 13.2. The number of nitrogens with one attached hydrogen (secondary N) is 2. The Labute approximate surface area is 317 Å². The first-order valence-corrected chi connectivity index (χ1v) is 18.9. The van der Waals surface area contributed by atoms with Crippen LogP contribution in [0.1, 0.15) is 89.6 Å². The van der Waals surface area contributed by atoms with Crippen LogP contribution in [0.4, 0.5) is 0 Å². The normalized spacial score (nSPS) is 22.7. The minimum atomic E-state index is -1.24. The first-order valence-electron chi connectivity index (χ1n) is 18.1. The summed E-state index contributed by atoms with van der Waals surface area (Å²) in [7, 11) is 1.50. The lowest BCUT2D eigenvalue weighted by Crippen LogP contribution is -2.52. The summed E-state index contributed by atoms with van der Waals surface area (Å²) >= 11 is 13.1. The molecule has 0 spiro atoms. The van der Waals surface area contributed by atoms with E-state index in [0.29, 0.717) is 47.6 Å². The lowest BCUT2D eigenvalue weighted by molar-refractivity contribution is -0.181. The second-order valence-corrected chi connectivity index (χ2v) is 14.9.